The molecule has 5 heteroatoms. The average Bonchev–Trinajstić information content (AvgIpc) is 2.46. The molecule has 0 unspecified atom stereocenters. The Bertz CT molecular complexity index is 479. The van der Waals surface area contributed by atoms with Gasteiger partial charge in [-0.25, -0.2) is 9.97 Å². The van der Waals surface area contributed by atoms with Crippen LogP contribution < -0.4 is 5.73 Å². The van der Waals surface area contributed by atoms with Crippen molar-refractivity contribution in [3.05, 3.63) is 18.0 Å². The summed E-state index contributed by atoms with van der Waals surface area (Å²) >= 11 is 0. The van der Waals surface area contributed by atoms with Crippen LogP contribution >= 0.6 is 0 Å². The smallest absolute Gasteiger partial charge is 0.179 e. The monoisotopic (exact) mass is 173 g/mol. The predicted molar refractivity (Wildman–Crippen MR) is 47.6 cm³/mol. The van der Waals surface area contributed by atoms with Crippen LogP contribution in [0.15, 0.2) is 12.1 Å². The molecule has 2 rings (SSSR count). The third kappa shape index (κ3) is 1.29. The molecule has 0 aliphatic rings. The molecule has 0 aliphatic carbocycles. The molecule has 2 heterocycles. The average molecular weight is 173 g/mol. The van der Waals surface area contributed by atoms with Crippen LogP contribution in [0.2, 0.25) is 0 Å². The molecule has 0 saturated carbocycles. The van der Waals surface area contributed by atoms with E-state index >= 15 is 0 Å². The highest BCUT2D eigenvalue weighted by atomic mass is 15.0. The quantitative estimate of drug-likeness (QED) is 0.660. The second-order valence-electron chi connectivity index (χ2n) is 2.63. The maximum Gasteiger partial charge on any atom is 0.179 e. The molecule has 2 aromatic heterocycles. The van der Waals surface area contributed by atoms with Gasteiger partial charge in [0.15, 0.2) is 5.65 Å². The molecule has 5 nitrogen and oxygen atoms in total. The van der Waals surface area contributed by atoms with Crippen molar-refractivity contribution in [1.82, 2.24) is 15.0 Å². The molecule has 13 heavy (non-hydrogen) atoms. The van der Waals surface area contributed by atoms with E-state index in [1.807, 2.05) is 6.07 Å². The molecule has 0 spiro atoms. The Labute approximate surface area is 74.2 Å². The Morgan fingerprint density at radius 2 is 2.31 bits per heavy atom. The number of fused-ring (bicyclic) bond motifs is 1. The summed E-state index contributed by atoms with van der Waals surface area (Å²) in [7, 11) is 0. The number of H-pyrrole nitrogens is 1. The number of nitrogen functional groups attached to an aromatic ring is 1. The summed E-state index contributed by atoms with van der Waals surface area (Å²) in [5.74, 6) is 1.05. The van der Waals surface area contributed by atoms with Crippen LogP contribution in [0.1, 0.15) is 5.82 Å². The van der Waals surface area contributed by atoms with E-state index in [1.54, 1.807) is 12.1 Å². The first-order chi connectivity index (χ1) is 6.29. The number of rotatable bonds is 1. The molecule has 0 saturated heterocycles. The van der Waals surface area contributed by atoms with Crippen molar-refractivity contribution < 1.29 is 0 Å². The SMILES string of the molecule is N#CCc1nc2nc(N)ccc2[nH]1. The second-order valence-corrected chi connectivity index (χ2v) is 2.63. The molecule has 64 valence electrons. The minimum atomic E-state index is 0.260. The molecule has 0 radical (unpaired) electrons. The fraction of sp³-hybridized carbons (Fsp3) is 0.125. The number of nitrogens with zero attached hydrogens (tertiary/aromatic N) is 3. The number of imidazole rings is 1. The summed E-state index contributed by atoms with van der Waals surface area (Å²) in [6.45, 7) is 0. The molecular formula is C8H7N5. The Balaban J connectivity index is 2.57. The molecule has 0 aromatic carbocycles. The number of pyridine rings is 1. The number of aromatic amines is 1. The maximum absolute atomic E-state index is 8.44. The normalized spacial score (nSPS) is 10.1. The summed E-state index contributed by atoms with van der Waals surface area (Å²) < 4.78 is 0. The first-order valence-electron chi connectivity index (χ1n) is 3.77. The number of anilines is 1. The van der Waals surface area contributed by atoms with E-state index in [2.05, 4.69) is 15.0 Å². The zero-order chi connectivity index (χ0) is 9.26. The minimum absolute atomic E-state index is 0.260. The highest BCUT2D eigenvalue weighted by Crippen LogP contribution is 2.10. The minimum Gasteiger partial charge on any atom is -0.384 e. The van der Waals surface area contributed by atoms with Gasteiger partial charge >= 0.3 is 0 Å². The first-order valence-corrected chi connectivity index (χ1v) is 3.77. The third-order valence-electron chi connectivity index (χ3n) is 1.66. The number of hydrogen-bond donors (Lipinski definition) is 2. The van der Waals surface area contributed by atoms with Crippen LogP contribution in [0.5, 0.6) is 0 Å². The summed E-state index contributed by atoms with van der Waals surface area (Å²) in [6.07, 6.45) is 0.260. The van der Waals surface area contributed by atoms with Crippen molar-refractivity contribution in [3.63, 3.8) is 0 Å². The fourth-order valence-corrected chi connectivity index (χ4v) is 1.12. The van der Waals surface area contributed by atoms with E-state index in [9.17, 15) is 0 Å². The van der Waals surface area contributed by atoms with Crippen LogP contribution in [0, 0.1) is 11.3 Å². The lowest BCUT2D eigenvalue weighted by Gasteiger charge is -1.88. The van der Waals surface area contributed by atoms with Gasteiger partial charge in [0, 0.05) is 0 Å². The van der Waals surface area contributed by atoms with Crippen LogP contribution in [0.4, 0.5) is 5.82 Å². The molecule has 3 N–H and O–H groups in total. The van der Waals surface area contributed by atoms with Crippen molar-refractivity contribution >= 4 is 17.0 Å². The van der Waals surface area contributed by atoms with E-state index in [0.29, 0.717) is 17.3 Å². The Morgan fingerprint density at radius 1 is 1.46 bits per heavy atom. The van der Waals surface area contributed by atoms with Crippen LogP contribution in [0.3, 0.4) is 0 Å². The number of aromatic nitrogens is 3. The number of nitrogens with one attached hydrogen (secondary N) is 1. The Morgan fingerprint density at radius 3 is 3.08 bits per heavy atom. The van der Waals surface area contributed by atoms with Gasteiger partial charge in [0.1, 0.15) is 11.6 Å². The zero-order valence-corrected chi connectivity index (χ0v) is 6.78. The molecule has 0 amide bonds. The second kappa shape index (κ2) is 2.75. The summed E-state index contributed by atoms with van der Waals surface area (Å²) in [4.78, 5) is 11.1. The topological polar surface area (TPSA) is 91.4 Å². The van der Waals surface area contributed by atoms with E-state index in [1.165, 1.54) is 0 Å². The maximum atomic E-state index is 8.44. The van der Waals surface area contributed by atoms with Gasteiger partial charge in [-0.1, -0.05) is 0 Å². The van der Waals surface area contributed by atoms with Crippen LogP contribution in [0.25, 0.3) is 11.2 Å². The first kappa shape index (κ1) is 7.55. The lowest BCUT2D eigenvalue weighted by atomic mass is 10.4. The van der Waals surface area contributed by atoms with Crippen molar-refractivity contribution in [2.24, 2.45) is 0 Å². The fourth-order valence-electron chi connectivity index (χ4n) is 1.12. The van der Waals surface area contributed by atoms with Crippen molar-refractivity contribution in [3.8, 4) is 6.07 Å². The zero-order valence-electron chi connectivity index (χ0n) is 6.78. The van der Waals surface area contributed by atoms with Crippen LogP contribution in [-0.4, -0.2) is 15.0 Å². The molecule has 2 aromatic rings. The lowest BCUT2D eigenvalue weighted by Crippen LogP contribution is -1.88. The van der Waals surface area contributed by atoms with Gasteiger partial charge in [-0.15, -0.1) is 0 Å². The van der Waals surface area contributed by atoms with E-state index in [-0.39, 0.29) is 6.42 Å². The third-order valence-corrected chi connectivity index (χ3v) is 1.66. The van der Waals surface area contributed by atoms with Gasteiger partial charge in [0.2, 0.25) is 0 Å². The van der Waals surface area contributed by atoms with Gasteiger partial charge in [-0.2, -0.15) is 5.26 Å². The number of nitrogens with two attached hydrogens (primary N) is 1. The molecular weight excluding hydrogens is 166 g/mol. The van der Waals surface area contributed by atoms with Crippen molar-refractivity contribution in [2.45, 2.75) is 6.42 Å². The number of hydrogen-bond acceptors (Lipinski definition) is 4. The summed E-state index contributed by atoms with van der Waals surface area (Å²) in [5.41, 5.74) is 6.84. The Kier molecular flexibility index (Phi) is 1.60. The van der Waals surface area contributed by atoms with E-state index < -0.39 is 0 Å². The lowest BCUT2D eigenvalue weighted by molar-refractivity contribution is 1.07. The largest absolute Gasteiger partial charge is 0.384 e. The van der Waals surface area contributed by atoms with E-state index in [4.69, 9.17) is 11.0 Å². The highest BCUT2D eigenvalue weighted by molar-refractivity contribution is 5.72. The molecule has 0 aliphatic heterocycles. The van der Waals surface area contributed by atoms with Gasteiger partial charge < -0.3 is 10.7 Å². The number of nitriles is 1. The van der Waals surface area contributed by atoms with Gasteiger partial charge in [0.05, 0.1) is 18.0 Å². The highest BCUT2D eigenvalue weighted by Gasteiger charge is 2.02. The molecule has 0 bridgehead atoms. The van der Waals surface area contributed by atoms with Crippen LogP contribution in [-0.2, 0) is 6.42 Å². The van der Waals surface area contributed by atoms with Gasteiger partial charge in [0.25, 0.3) is 0 Å². The van der Waals surface area contributed by atoms with Gasteiger partial charge in [-0.05, 0) is 12.1 Å². The summed E-state index contributed by atoms with van der Waals surface area (Å²) in [6, 6.07) is 5.50. The molecule has 0 atom stereocenters. The van der Waals surface area contributed by atoms with Crippen molar-refractivity contribution in [1.29, 1.82) is 5.26 Å². The van der Waals surface area contributed by atoms with E-state index in [0.717, 1.165) is 5.52 Å². The standard InChI is InChI=1S/C8H7N5/c9-4-3-7-11-5-1-2-6(10)12-8(5)13-7/h1-2H,3H2,(H3,10,11,12,13). The predicted octanol–water partition coefficient (Wildman–Crippen LogP) is 0.606. The van der Waals surface area contributed by atoms with Gasteiger partial charge in [-0.3, -0.25) is 0 Å². The van der Waals surface area contributed by atoms with Crippen molar-refractivity contribution in [2.75, 3.05) is 5.73 Å². The Hall–Kier alpha value is -2.09. The summed E-state index contributed by atoms with van der Waals surface area (Å²) in [5, 5.41) is 8.44. The molecule has 0 fully saturated rings.